The van der Waals surface area contributed by atoms with Crippen molar-refractivity contribution >= 4 is 68.3 Å². The van der Waals surface area contributed by atoms with E-state index < -0.39 is 0 Å². The highest BCUT2D eigenvalue weighted by Crippen LogP contribution is 2.47. The van der Waals surface area contributed by atoms with Gasteiger partial charge in [0.05, 0.1) is 11.0 Å². The molecule has 10 rings (SSSR count). The first-order valence-electron chi connectivity index (χ1n) is 24.7. The predicted octanol–water partition coefficient (Wildman–Crippen LogP) is 15.3. The van der Waals surface area contributed by atoms with Crippen LogP contribution in [0.15, 0.2) is 146 Å². The van der Waals surface area contributed by atoms with Crippen molar-refractivity contribution in [2.24, 2.45) is 0 Å². The maximum Gasteiger partial charge on any atom is 0.252 e. The minimum absolute atomic E-state index is 0.0419. The topological polar surface area (TPSA) is 24.3 Å². The van der Waals surface area contributed by atoms with Gasteiger partial charge in [0.25, 0.3) is 6.71 Å². The Morgan fingerprint density at radius 2 is 0.868 bits per heavy atom. The Kier molecular flexibility index (Phi) is 10.4. The molecule has 68 heavy (non-hydrogen) atoms. The second-order valence-corrected chi connectivity index (χ2v) is 24.7. The van der Waals surface area contributed by atoms with Crippen molar-refractivity contribution in [3.05, 3.63) is 173 Å². The van der Waals surface area contributed by atoms with Crippen molar-refractivity contribution in [3.8, 4) is 17.1 Å². The molecular formula is C63H69BN4. The van der Waals surface area contributed by atoms with E-state index >= 15 is 0 Å². The molecule has 0 radical (unpaired) electrons. The van der Waals surface area contributed by atoms with Gasteiger partial charge >= 0.3 is 0 Å². The van der Waals surface area contributed by atoms with Crippen molar-refractivity contribution in [3.63, 3.8) is 0 Å². The highest BCUT2D eigenvalue weighted by Gasteiger charge is 2.44. The molecule has 0 N–H and O–H groups in total. The van der Waals surface area contributed by atoms with E-state index in [1.807, 2.05) is 0 Å². The lowest BCUT2D eigenvalue weighted by Gasteiger charge is -2.44. The summed E-state index contributed by atoms with van der Waals surface area (Å²) in [5, 5.41) is 0. The summed E-state index contributed by atoms with van der Waals surface area (Å²) in [6.07, 6.45) is 0. The smallest absolute Gasteiger partial charge is 0.252 e. The lowest BCUT2D eigenvalue weighted by Crippen LogP contribution is -2.61. The van der Waals surface area contributed by atoms with E-state index in [1.165, 1.54) is 72.6 Å². The first-order valence-corrected chi connectivity index (χ1v) is 24.7. The van der Waals surface area contributed by atoms with Crippen LogP contribution in [0.25, 0.3) is 28.1 Å². The molecule has 0 saturated carbocycles. The second-order valence-electron chi connectivity index (χ2n) is 24.7. The molecule has 5 heteroatoms. The third kappa shape index (κ3) is 7.76. The molecule has 2 aliphatic heterocycles. The summed E-state index contributed by atoms with van der Waals surface area (Å²) in [6, 6.07) is 55.7. The summed E-state index contributed by atoms with van der Waals surface area (Å²) in [5.74, 6) is 0.937. The number of para-hydroxylation sites is 1. The zero-order chi connectivity index (χ0) is 48.5. The molecule has 2 aliphatic rings. The Morgan fingerprint density at radius 3 is 1.41 bits per heavy atom. The van der Waals surface area contributed by atoms with Gasteiger partial charge in [0.2, 0.25) is 0 Å². The number of hydrogen-bond donors (Lipinski definition) is 0. The Morgan fingerprint density at radius 1 is 0.368 bits per heavy atom. The number of hydrogen-bond acceptors (Lipinski definition) is 3. The molecule has 0 fully saturated rings. The molecule has 0 atom stereocenters. The Balaban J connectivity index is 1.33. The highest BCUT2D eigenvalue weighted by molar-refractivity contribution is 7.00. The van der Waals surface area contributed by atoms with Gasteiger partial charge in [-0.3, -0.25) is 4.57 Å². The van der Waals surface area contributed by atoms with E-state index in [-0.39, 0.29) is 33.8 Å². The summed E-state index contributed by atoms with van der Waals surface area (Å²) in [4.78, 5) is 10.7. The molecule has 0 spiro atoms. The van der Waals surface area contributed by atoms with Gasteiger partial charge in [-0.1, -0.05) is 183 Å². The van der Waals surface area contributed by atoms with E-state index in [2.05, 4.69) is 264 Å². The van der Waals surface area contributed by atoms with Crippen LogP contribution in [0, 0.1) is 0 Å². The quantitative estimate of drug-likeness (QED) is 0.165. The van der Waals surface area contributed by atoms with Gasteiger partial charge in [0.1, 0.15) is 5.82 Å². The molecular weight excluding hydrogens is 824 g/mol. The van der Waals surface area contributed by atoms with E-state index in [0.29, 0.717) is 0 Å². The molecule has 7 aromatic carbocycles. The van der Waals surface area contributed by atoms with Crippen molar-refractivity contribution in [1.82, 2.24) is 9.55 Å². The molecule has 344 valence electrons. The molecule has 3 heterocycles. The second kappa shape index (κ2) is 15.6. The SMILES string of the molecule is CC(C)(C)c1ccc(-c2nc3cc4c(cc3n2-c2ccccc2)B2c3cc(C(C)(C)C)ccc3N(c3ccc(C(C)(C)C)cc3)c3cccc(c32)N4c2cc(C(C)(C)C)cc(C(C)(C)C)c2)cc1. The molecule has 0 amide bonds. The summed E-state index contributed by atoms with van der Waals surface area (Å²) in [5.41, 5.74) is 21.8. The lowest BCUT2D eigenvalue weighted by molar-refractivity contribution is 0.568. The Labute approximate surface area is 407 Å². The van der Waals surface area contributed by atoms with Crippen LogP contribution < -0.4 is 26.2 Å². The number of aromatic nitrogens is 2. The van der Waals surface area contributed by atoms with Crippen LogP contribution in [0.2, 0.25) is 0 Å². The predicted molar refractivity (Wildman–Crippen MR) is 294 cm³/mol. The maximum atomic E-state index is 5.63. The number of anilines is 6. The zero-order valence-electron chi connectivity index (χ0n) is 43.2. The zero-order valence-corrected chi connectivity index (χ0v) is 43.2. The molecule has 8 aromatic rings. The summed E-state index contributed by atoms with van der Waals surface area (Å²) >= 11 is 0. The van der Waals surface area contributed by atoms with Crippen molar-refractivity contribution in [2.75, 3.05) is 9.80 Å². The summed E-state index contributed by atoms with van der Waals surface area (Å²) < 4.78 is 2.39. The number of benzene rings is 7. The molecule has 4 nitrogen and oxygen atoms in total. The van der Waals surface area contributed by atoms with Crippen molar-refractivity contribution in [2.45, 2.75) is 131 Å². The largest absolute Gasteiger partial charge is 0.311 e. The van der Waals surface area contributed by atoms with Crippen molar-refractivity contribution < 1.29 is 0 Å². The minimum Gasteiger partial charge on any atom is -0.311 e. The Bertz CT molecular complexity index is 3200. The van der Waals surface area contributed by atoms with Crippen LogP contribution in [0.3, 0.4) is 0 Å². The van der Waals surface area contributed by atoms with Crippen LogP contribution in [-0.2, 0) is 27.1 Å². The van der Waals surface area contributed by atoms with E-state index in [9.17, 15) is 0 Å². The third-order valence-electron chi connectivity index (χ3n) is 14.6. The standard InChI is InChI=1S/C63H69BN4/c1-59(2,3)41-26-24-40(25-27-41)58-65-51-39-55-50(38-56(51)68(58)46-20-17-16-18-21-46)64-49-37-43(61(7,8)9)30-33-52(49)66(47-31-28-42(29-32-47)60(4,5)6)53-22-19-23-54(57(53)64)67(55)48-35-44(62(10,11)12)34-45(36-48)63(13,14)15/h16-39H,1-15H3. The molecule has 0 aliphatic carbocycles. The number of rotatable bonds is 4. The lowest BCUT2D eigenvalue weighted by atomic mass is 9.33. The summed E-state index contributed by atoms with van der Waals surface area (Å²) in [7, 11) is 0. The van der Waals surface area contributed by atoms with Gasteiger partial charge in [0, 0.05) is 45.4 Å². The van der Waals surface area contributed by atoms with E-state index in [4.69, 9.17) is 4.98 Å². The van der Waals surface area contributed by atoms with Crippen molar-refractivity contribution in [1.29, 1.82) is 0 Å². The molecule has 1 aromatic heterocycles. The van der Waals surface area contributed by atoms with Crippen LogP contribution in [0.1, 0.15) is 132 Å². The maximum absolute atomic E-state index is 5.63. The van der Waals surface area contributed by atoms with Gasteiger partial charge in [-0.15, -0.1) is 0 Å². The van der Waals surface area contributed by atoms with Crippen LogP contribution in [-0.4, -0.2) is 16.3 Å². The Hall–Kier alpha value is -6.33. The highest BCUT2D eigenvalue weighted by atomic mass is 15.2. The average molecular weight is 893 g/mol. The molecule has 0 unspecified atom stereocenters. The van der Waals surface area contributed by atoms with Crippen LogP contribution in [0.4, 0.5) is 34.1 Å². The number of fused-ring (bicyclic) bond motifs is 5. The third-order valence-corrected chi connectivity index (χ3v) is 14.6. The molecule has 0 bridgehead atoms. The number of nitrogens with zero attached hydrogens (tertiary/aromatic N) is 4. The fourth-order valence-corrected chi connectivity index (χ4v) is 10.4. The average Bonchev–Trinajstić information content (AvgIpc) is 3.65. The monoisotopic (exact) mass is 893 g/mol. The van der Waals surface area contributed by atoms with Crippen LogP contribution >= 0.6 is 0 Å². The van der Waals surface area contributed by atoms with Gasteiger partial charge < -0.3 is 9.80 Å². The van der Waals surface area contributed by atoms with Gasteiger partial charge in [-0.05, 0) is 138 Å². The van der Waals surface area contributed by atoms with Gasteiger partial charge in [0.15, 0.2) is 0 Å². The van der Waals surface area contributed by atoms with Gasteiger partial charge in [-0.2, -0.15) is 0 Å². The van der Waals surface area contributed by atoms with E-state index in [0.717, 1.165) is 33.8 Å². The van der Waals surface area contributed by atoms with E-state index in [1.54, 1.807) is 0 Å². The molecule has 0 saturated heterocycles. The van der Waals surface area contributed by atoms with Crippen LogP contribution in [0.5, 0.6) is 0 Å². The number of imidazole rings is 1. The first kappa shape index (κ1) is 45.5. The fraction of sp³-hybridized carbons (Fsp3) is 0.317. The van der Waals surface area contributed by atoms with Gasteiger partial charge in [-0.25, -0.2) is 4.98 Å². The first-order chi connectivity index (χ1) is 31.9. The normalized spacial score (nSPS) is 14.0. The minimum atomic E-state index is -0.0680. The fourth-order valence-electron chi connectivity index (χ4n) is 10.4. The summed E-state index contributed by atoms with van der Waals surface area (Å²) in [6.45, 7) is 34.7.